The van der Waals surface area contributed by atoms with Crippen LogP contribution in [0.3, 0.4) is 0 Å². The van der Waals surface area contributed by atoms with Crippen LogP contribution in [0.25, 0.3) is 0 Å². The molecule has 2 rings (SSSR count). The molecule has 0 unspecified atom stereocenters. The zero-order valence-electron chi connectivity index (χ0n) is 11.7. The normalized spacial score (nSPS) is 10.5. The third kappa shape index (κ3) is 3.43. The number of hydrogen-bond acceptors (Lipinski definition) is 5. The van der Waals surface area contributed by atoms with E-state index in [1.165, 1.54) is 0 Å². The molecule has 0 amide bonds. The van der Waals surface area contributed by atoms with E-state index in [9.17, 15) is 0 Å². The van der Waals surface area contributed by atoms with Gasteiger partial charge in [-0.3, -0.25) is 4.68 Å². The van der Waals surface area contributed by atoms with Crippen molar-refractivity contribution in [2.24, 2.45) is 7.05 Å². The number of rotatable bonds is 6. The molecular weight excluding hydrogens is 240 g/mol. The Kier molecular flexibility index (Phi) is 4.33. The first kappa shape index (κ1) is 13.3. The molecular formula is C13H20N6. The van der Waals surface area contributed by atoms with Gasteiger partial charge in [-0.15, -0.1) is 5.10 Å². The highest BCUT2D eigenvalue weighted by atomic mass is 15.4. The highest BCUT2D eigenvalue weighted by molar-refractivity contribution is 5.48. The smallest absolute Gasteiger partial charge is 0.128 e. The summed E-state index contributed by atoms with van der Waals surface area (Å²) in [6, 6.07) is 4.07. The SMILES string of the molecule is CCN(CC)c1ccc(NCc2cn(C)nn2)cn1. The van der Waals surface area contributed by atoms with Crippen LogP contribution in [0.5, 0.6) is 0 Å². The van der Waals surface area contributed by atoms with E-state index in [0.29, 0.717) is 6.54 Å². The predicted octanol–water partition coefficient (Wildman–Crippen LogP) is 1.67. The zero-order valence-corrected chi connectivity index (χ0v) is 11.7. The second-order valence-corrected chi connectivity index (χ2v) is 4.31. The lowest BCUT2D eigenvalue weighted by molar-refractivity contribution is 0.713. The standard InChI is InChI=1S/C13H20N6/c1-4-19(5-2)13-7-6-11(8-15-13)14-9-12-10-18(3)17-16-12/h6-8,10,14H,4-5,9H2,1-3H3. The highest BCUT2D eigenvalue weighted by Gasteiger charge is 2.03. The molecule has 0 bridgehead atoms. The van der Waals surface area contributed by atoms with Crippen LogP contribution in [0, 0.1) is 0 Å². The molecule has 6 nitrogen and oxygen atoms in total. The molecule has 0 atom stereocenters. The topological polar surface area (TPSA) is 58.9 Å². The summed E-state index contributed by atoms with van der Waals surface area (Å²) in [7, 11) is 1.86. The van der Waals surface area contributed by atoms with Gasteiger partial charge in [-0.05, 0) is 26.0 Å². The minimum atomic E-state index is 0.653. The summed E-state index contributed by atoms with van der Waals surface area (Å²) in [5.74, 6) is 1.01. The highest BCUT2D eigenvalue weighted by Crippen LogP contribution is 2.14. The summed E-state index contributed by atoms with van der Waals surface area (Å²) in [4.78, 5) is 6.68. The van der Waals surface area contributed by atoms with Gasteiger partial charge in [0.25, 0.3) is 0 Å². The average Bonchev–Trinajstić information content (AvgIpc) is 2.85. The quantitative estimate of drug-likeness (QED) is 0.856. The van der Waals surface area contributed by atoms with Gasteiger partial charge in [0.05, 0.1) is 18.4 Å². The minimum Gasteiger partial charge on any atom is -0.378 e. The van der Waals surface area contributed by atoms with E-state index in [0.717, 1.165) is 30.3 Å². The summed E-state index contributed by atoms with van der Waals surface area (Å²) in [5.41, 5.74) is 1.90. The maximum absolute atomic E-state index is 4.46. The molecule has 1 N–H and O–H groups in total. The molecule has 0 saturated heterocycles. The van der Waals surface area contributed by atoms with E-state index in [1.807, 2.05) is 31.6 Å². The maximum atomic E-state index is 4.46. The van der Waals surface area contributed by atoms with Gasteiger partial charge in [-0.25, -0.2) is 4.98 Å². The van der Waals surface area contributed by atoms with Crippen LogP contribution < -0.4 is 10.2 Å². The Hall–Kier alpha value is -2.11. The van der Waals surface area contributed by atoms with Crippen LogP contribution in [0.15, 0.2) is 24.5 Å². The molecule has 2 heterocycles. The fourth-order valence-electron chi connectivity index (χ4n) is 1.89. The van der Waals surface area contributed by atoms with Crippen molar-refractivity contribution in [3.05, 3.63) is 30.2 Å². The predicted molar refractivity (Wildman–Crippen MR) is 76.1 cm³/mol. The van der Waals surface area contributed by atoms with Crippen LogP contribution in [-0.4, -0.2) is 33.1 Å². The van der Waals surface area contributed by atoms with Crippen molar-refractivity contribution in [2.45, 2.75) is 20.4 Å². The third-order valence-corrected chi connectivity index (χ3v) is 2.96. The lowest BCUT2D eigenvalue weighted by atomic mass is 10.3. The summed E-state index contributed by atoms with van der Waals surface area (Å²) in [5, 5.41) is 11.2. The van der Waals surface area contributed by atoms with Crippen molar-refractivity contribution in [1.82, 2.24) is 20.0 Å². The summed E-state index contributed by atoms with van der Waals surface area (Å²) in [6.07, 6.45) is 3.74. The lowest BCUT2D eigenvalue weighted by Crippen LogP contribution is -2.22. The number of nitrogens with zero attached hydrogens (tertiary/aromatic N) is 5. The summed E-state index contributed by atoms with van der Waals surface area (Å²) < 4.78 is 1.69. The molecule has 2 aromatic rings. The van der Waals surface area contributed by atoms with Crippen molar-refractivity contribution in [3.8, 4) is 0 Å². The largest absolute Gasteiger partial charge is 0.378 e. The zero-order chi connectivity index (χ0) is 13.7. The van der Waals surface area contributed by atoms with Crippen LogP contribution >= 0.6 is 0 Å². The van der Waals surface area contributed by atoms with E-state index >= 15 is 0 Å². The number of pyridine rings is 1. The molecule has 0 aliphatic heterocycles. The molecule has 102 valence electrons. The number of aryl methyl sites for hydroxylation is 1. The molecule has 0 radical (unpaired) electrons. The molecule has 0 saturated carbocycles. The molecule has 2 aromatic heterocycles. The Labute approximate surface area is 113 Å². The second-order valence-electron chi connectivity index (χ2n) is 4.31. The first-order chi connectivity index (χ1) is 9.22. The van der Waals surface area contributed by atoms with E-state index in [4.69, 9.17) is 0 Å². The Morgan fingerprint density at radius 3 is 2.58 bits per heavy atom. The Morgan fingerprint density at radius 1 is 1.26 bits per heavy atom. The van der Waals surface area contributed by atoms with Crippen molar-refractivity contribution in [3.63, 3.8) is 0 Å². The Balaban J connectivity index is 1.95. The van der Waals surface area contributed by atoms with Crippen LogP contribution in [0.1, 0.15) is 19.5 Å². The van der Waals surface area contributed by atoms with Crippen molar-refractivity contribution in [2.75, 3.05) is 23.3 Å². The first-order valence-electron chi connectivity index (χ1n) is 6.53. The Morgan fingerprint density at radius 2 is 2.05 bits per heavy atom. The van der Waals surface area contributed by atoms with Gasteiger partial charge < -0.3 is 10.2 Å². The van der Waals surface area contributed by atoms with E-state index in [2.05, 4.69) is 39.4 Å². The second kappa shape index (κ2) is 6.17. The molecule has 0 aliphatic carbocycles. The van der Waals surface area contributed by atoms with Gasteiger partial charge in [0.15, 0.2) is 0 Å². The molecule has 0 fully saturated rings. The van der Waals surface area contributed by atoms with Crippen molar-refractivity contribution >= 4 is 11.5 Å². The lowest BCUT2D eigenvalue weighted by Gasteiger charge is -2.19. The fraction of sp³-hybridized carbons (Fsp3) is 0.462. The van der Waals surface area contributed by atoms with Gasteiger partial charge in [0.1, 0.15) is 11.5 Å². The van der Waals surface area contributed by atoms with Gasteiger partial charge >= 0.3 is 0 Å². The fourth-order valence-corrected chi connectivity index (χ4v) is 1.89. The number of nitrogens with one attached hydrogen (secondary N) is 1. The van der Waals surface area contributed by atoms with Crippen molar-refractivity contribution in [1.29, 1.82) is 0 Å². The summed E-state index contributed by atoms with van der Waals surface area (Å²) >= 11 is 0. The van der Waals surface area contributed by atoms with Gasteiger partial charge in [0, 0.05) is 26.3 Å². The number of anilines is 2. The van der Waals surface area contributed by atoms with Crippen LogP contribution in [-0.2, 0) is 13.6 Å². The van der Waals surface area contributed by atoms with Crippen LogP contribution in [0.4, 0.5) is 11.5 Å². The van der Waals surface area contributed by atoms with E-state index in [-0.39, 0.29) is 0 Å². The van der Waals surface area contributed by atoms with Crippen LogP contribution in [0.2, 0.25) is 0 Å². The number of hydrogen-bond donors (Lipinski definition) is 1. The molecule has 0 aliphatic rings. The Bertz CT molecular complexity index is 500. The molecule has 19 heavy (non-hydrogen) atoms. The monoisotopic (exact) mass is 260 g/mol. The van der Waals surface area contributed by atoms with Gasteiger partial charge in [-0.2, -0.15) is 0 Å². The van der Waals surface area contributed by atoms with Gasteiger partial charge in [0.2, 0.25) is 0 Å². The third-order valence-electron chi connectivity index (χ3n) is 2.96. The summed E-state index contributed by atoms with van der Waals surface area (Å²) in [6.45, 7) is 6.85. The molecule has 6 heteroatoms. The van der Waals surface area contributed by atoms with E-state index in [1.54, 1.807) is 4.68 Å². The first-order valence-corrected chi connectivity index (χ1v) is 6.53. The van der Waals surface area contributed by atoms with Gasteiger partial charge in [-0.1, -0.05) is 5.21 Å². The maximum Gasteiger partial charge on any atom is 0.128 e. The minimum absolute atomic E-state index is 0.653. The van der Waals surface area contributed by atoms with Crippen molar-refractivity contribution < 1.29 is 0 Å². The molecule has 0 aromatic carbocycles. The number of aromatic nitrogens is 4. The average molecular weight is 260 g/mol. The van der Waals surface area contributed by atoms with E-state index < -0.39 is 0 Å². The molecule has 0 spiro atoms.